The Morgan fingerprint density at radius 1 is 1.32 bits per heavy atom. The number of para-hydroxylation sites is 1. The van der Waals surface area contributed by atoms with E-state index in [9.17, 15) is 24.6 Å². The Balaban J connectivity index is 1.89. The maximum atomic E-state index is 14.4. The molecular weight excluding hydrogens is 436 g/mol. The summed E-state index contributed by atoms with van der Waals surface area (Å²) in [6.07, 6.45) is 2.92. The van der Waals surface area contributed by atoms with Gasteiger partial charge < -0.3 is 24.7 Å². The highest BCUT2D eigenvalue weighted by Gasteiger charge is 2.78. The molecule has 2 N–H and O–H groups in total. The van der Waals surface area contributed by atoms with Gasteiger partial charge in [-0.2, -0.15) is 0 Å². The van der Waals surface area contributed by atoms with Gasteiger partial charge in [-0.1, -0.05) is 31.2 Å². The first-order valence-electron chi connectivity index (χ1n) is 11.9. The van der Waals surface area contributed by atoms with Crippen molar-refractivity contribution in [3.63, 3.8) is 0 Å². The van der Waals surface area contributed by atoms with Crippen molar-refractivity contribution in [2.24, 2.45) is 11.8 Å². The van der Waals surface area contributed by atoms with Crippen molar-refractivity contribution in [1.29, 1.82) is 0 Å². The summed E-state index contributed by atoms with van der Waals surface area (Å²) >= 11 is 0. The molecule has 0 saturated carbocycles. The fraction of sp³-hybridized carbons (Fsp3) is 0.577. The molecule has 0 aromatic heterocycles. The van der Waals surface area contributed by atoms with Crippen LogP contribution in [0.15, 0.2) is 30.9 Å². The van der Waals surface area contributed by atoms with Gasteiger partial charge in [0.15, 0.2) is 0 Å². The van der Waals surface area contributed by atoms with Crippen LogP contribution in [0.2, 0.25) is 0 Å². The van der Waals surface area contributed by atoms with Crippen molar-refractivity contribution in [3.8, 4) is 0 Å². The van der Waals surface area contributed by atoms with Gasteiger partial charge in [-0.05, 0) is 51.2 Å². The first-order chi connectivity index (χ1) is 16.1. The summed E-state index contributed by atoms with van der Waals surface area (Å²) in [6.45, 7) is 11.1. The number of carbonyl (C=O) groups is 3. The van der Waals surface area contributed by atoms with Crippen LogP contribution in [-0.4, -0.2) is 69.3 Å². The molecule has 6 atom stereocenters. The van der Waals surface area contributed by atoms with E-state index in [1.54, 1.807) is 17.9 Å². The summed E-state index contributed by atoms with van der Waals surface area (Å²) in [6, 6.07) is 4.11. The van der Waals surface area contributed by atoms with Crippen LogP contribution in [-0.2, 0) is 19.1 Å². The number of hydrogen-bond donors (Lipinski definition) is 2. The molecule has 3 heterocycles. The summed E-state index contributed by atoms with van der Waals surface area (Å²) < 4.78 is 6.45. The number of ether oxygens (including phenoxy) is 1. The summed E-state index contributed by atoms with van der Waals surface area (Å²) in [4.78, 5) is 43.6. The van der Waals surface area contributed by atoms with Crippen molar-refractivity contribution >= 4 is 23.5 Å². The Morgan fingerprint density at radius 2 is 1.97 bits per heavy atom. The van der Waals surface area contributed by atoms with Crippen LogP contribution in [0.1, 0.15) is 44.2 Å². The number of carbonyl (C=O) groups excluding carboxylic acids is 2. The molecule has 3 aliphatic rings. The number of aliphatic carboxylic acids is 1. The first-order valence-corrected chi connectivity index (χ1v) is 11.9. The second kappa shape index (κ2) is 8.50. The molecule has 1 aromatic rings. The van der Waals surface area contributed by atoms with E-state index in [0.717, 1.165) is 16.8 Å². The molecule has 2 amide bonds. The zero-order chi connectivity index (χ0) is 25.0. The van der Waals surface area contributed by atoms with E-state index < -0.39 is 47.0 Å². The molecular formula is C26H34N2O6. The van der Waals surface area contributed by atoms with Gasteiger partial charge in [0.25, 0.3) is 5.91 Å². The second-order valence-corrected chi connectivity index (χ2v) is 10.0. The normalized spacial score (nSPS) is 32.6. The molecule has 3 saturated heterocycles. The highest BCUT2D eigenvalue weighted by molar-refractivity contribution is 6.05. The van der Waals surface area contributed by atoms with Gasteiger partial charge in [-0.15, -0.1) is 6.58 Å². The third kappa shape index (κ3) is 3.22. The molecule has 2 unspecified atom stereocenters. The number of aliphatic hydroxyl groups excluding tert-OH is 1. The van der Waals surface area contributed by atoms with Crippen LogP contribution in [0, 0.1) is 25.7 Å². The van der Waals surface area contributed by atoms with Crippen LogP contribution in [0.4, 0.5) is 5.69 Å². The van der Waals surface area contributed by atoms with Crippen molar-refractivity contribution in [3.05, 3.63) is 42.0 Å². The van der Waals surface area contributed by atoms with Crippen LogP contribution in [0.5, 0.6) is 0 Å². The van der Waals surface area contributed by atoms with Crippen LogP contribution in [0.25, 0.3) is 0 Å². The zero-order valence-electron chi connectivity index (χ0n) is 20.3. The fourth-order valence-electron chi connectivity index (χ4n) is 6.63. The average Bonchev–Trinajstić information content (AvgIpc) is 3.35. The van der Waals surface area contributed by atoms with E-state index in [1.807, 2.05) is 39.0 Å². The number of rotatable bonds is 8. The molecule has 34 heavy (non-hydrogen) atoms. The number of nitrogens with zero attached hydrogens (tertiary/aromatic N) is 2. The summed E-state index contributed by atoms with van der Waals surface area (Å²) in [5, 5.41) is 20.2. The lowest BCUT2D eigenvalue weighted by atomic mass is 9.66. The molecule has 1 aromatic carbocycles. The third-order valence-electron chi connectivity index (χ3n) is 8.08. The summed E-state index contributed by atoms with van der Waals surface area (Å²) in [5.74, 6) is -3.86. The number of aryl methyl sites for hydroxylation is 2. The van der Waals surface area contributed by atoms with Crippen molar-refractivity contribution in [1.82, 2.24) is 4.90 Å². The lowest BCUT2D eigenvalue weighted by Crippen LogP contribution is -2.59. The van der Waals surface area contributed by atoms with E-state index in [2.05, 4.69) is 6.58 Å². The molecule has 2 bridgehead atoms. The summed E-state index contributed by atoms with van der Waals surface area (Å²) in [7, 11) is 0. The maximum absolute atomic E-state index is 14.4. The number of aliphatic hydroxyl groups is 1. The van der Waals surface area contributed by atoms with Gasteiger partial charge >= 0.3 is 5.97 Å². The van der Waals surface area contributed by atoms with Crippen molar-refractivity contribution < 1.29 is 29.3 Å². The number of fused-ring (bicyclic) bond motifs is 1. The number of carboxylic acids is 1. The van der Waals surface area contributed by atoms with Gasteiger partial charge in [0.1, 0.15) is 11.6 Å². The van der Waals surface area contributed by atoms with Gasteiger partial charge in [0, 0.05) is 12.2 Å². The van der Waals surface area contributed by atoms with E-state index in [1.165, 1.54) is 4.90 Å². The monoisotopic (exact) mass is 470 g/mol. The van der Waals surface area contributed by atoms with E-state index >= 15 is 0 Å². The number of amides is 2. The molecule has 4 rings (SSSR count). The predicted molar refractivity (Wildman–Crippen MR) is 126 cm³/mol. The Bertz CT molecular complexity index is 1020. The molecule has 1 spiro atoms. The van der Waals surface area contributed by atoms with Crippen LogP contribution >= 0.6 is 0 Å². The van der Waals surface area contributed by atoms with Gasteiger partial charge in [0.05, 0.1) is 30.1 Å². The standard InChI is InChI=1S/C26H34N2O6/c1-6-13-27(20-15(3)9-8-10-16(20)4)23(31)21-26-12-11-25(5,34-26)19(24(32)33)18(26)22(30)28(21)17(7-2)14-29/h6,8-10,17-19,21,29H,1,7,11-14H2,2-5H3,(H,32,33)/t17-,18-,19-,21?,25+,26?/m0/s1. The SMILES string of the molecule is C=CCN(C(=O)C1N([C@@H](CC)CO)C(=O)[C@@H]2[C@@H](C(=O)O)[C@@]3(C)CCC12O3)c1c(C)cccc1C. The van der Waals surface area contributed by atoms with E-state index in [-0.39, 0.29) is 19.1 Å². The number of hydrogen-bond acceptors (Lipinski definition) is 5. The van der Waals surface area contributed by atoms with E-state index in [0.29, 0.717) is 19.3 Å². The smallest absolute Gasteiger partial charge is 0.310 e. The minimum atomic E-state index is -1.25. The van der Waals surface area contributed by atoms with Gasteiger partial charge in [-0.3, -0.25) is 14.4 Å². The van der Waals surface area contributed by atoms with Gasteiger partial charge in [-0.25, -0.2) is 0 Å². The molecule has 8 heteroatoms. The minimum absolute atomic E-state index is 0.222. The minimum Gasteiger partial charge on any atom is -0.481 e. The molecule has 8 nitrogen and oxygen atoms in total. The topological polar surface area (TPSA) is 107 Å². The van der Waals surface area contributed by atoms with Crippen molar-refractivity contribution in [2.45, 2.75) is 70.2 Å². The molecule has 0 aliphatic carbocycles. The highest BCUT2D eigenvalue weighted by atomic mass is 16.5. The van der Waals surface area contributed by atoms with Crippen molar-refractivity contribution in [2.75, 3.05) is 18.1 Å². The van der Waals surface area contributed by atoms with Crippen LogP contribution < -0.4 is 4.90 Å². The Kier molecular flexibility index (Phi) is 6.10. The number of carboxylic acid groups (broad SMARTS) is 1. The average molecular weight is 471 g/mol. The third-order valence-corrected chi connectivity index (χ3v) is 8.08. The Hall–Kier alpha value is -2.71. The Morgan fingerprint density at radius 3 is 2.50 bits per heavy atom. The number of benzene rings is 1. The lowest BCUT2D eigenvalue weighted by molar-refractivity contribution is -0.155. The Labute approximate surface area is 200 Å². The number of anilines is 1. The zero-order valence-corrected chi connectivity index (χ0v) is 20.3. The fourth-order valence-corrected chi connectivity index (χ4v) is 6.63. The highest BCUT2D eigenvalue weighted by Crippen LogP contribution is 2.63. The summed E-state index contributed by atoms with van der Waals surface area (Å²) in [5.41, 5.74) is 0.289. The molecule has 184 valence electrons. The number of likely N-dealkylation sites (tertiary alicyclic amines) is 1. The predicted octanol–water partition coefficient (Wildman–Crippen LogP) is 2.44. The molecule has 0 radical (unpaired) electrons. The second-order valence-electron chi connectivity index (χ2n) is 10.0. The largest absolute Gasteiger partial charge is 0.481 e. The van der Waals surface area contributed by atoms with Gasteiger partial charge in [0.2, 0.25) is 5.91 Å². The molecule has 3 aliphatic heterocycles. The molecule has 3 fully saturated rings. The van der Waals surface area contributed by atoms with E-state index in [4.69, 9.17) is 4.74 Å². The first kappa shape index (κ1) is 24.4. The van der Waals surface area contributed by atoms with Crippen LogP contribution in [0.3, 0.4) is 0 Å². The lowest BCUT2D eigenvalue weighted by Gasteiger charge is -2.39. The maximum Gasteiger partial charge on any atom is 0.310 e. The quantitative estimate of drug-likeness (QED) is 0.565.